The van der Waals surface area contributed by atoms with Crippen LogP contribution in [0.2, 0.25) is 10.0 Å². The van der Waals surface area contributed by atoms with Gasteiger partial charge in [-0.3, -0.25) is 9.69 Å². The molecule has 0 saturated heterocycles. The normalized spacial score (nSPS) is 10.9. The van der Waals surface area contributed by atoms with Crippen LogP contribution in [0.1, 0.15) is 31.1 Å². The molecule has 0 saturated carbocycles. The summed E-state index contributed by atoms with van der Waals surface area (Å²) in [6.45, 7) is 9.73. The number of benzene rings is 2. The fourth-order valence-electron chi connectivity index (χ4n) is 3.39. The smallest absolute Gasteiger partial charge is 0.390 e. The van der Waals surface area contributed by atoms with Gasteiger partial charge in [-0.15, -0.1) is 11.3 Å². The van der Waals surface area contributed by atoms with Gasteiger partial charge in [-0.1, -0.05) is 49.2 Å². The fourth-order valence-corrected chi connectivity index (χ4v) is 4.48. The summed E-state index contributed by atoms with van der Waals surface area (Å²) in [7, 11) is 0. The summed E-state index contributed by atoms with van der Waals surface area (Å²) < 4.78 is 5.54. The minimum absolute atomic E-state index is 0.127. The molecular weight excluding hydrogens is 507 g/mol. The number of likely N-dealkylation sites (N-methyl/N-ethyl adjacent to an activating group) is 2. The van der Waals surface area contributed by atoms with E-state index in [1.165, 1.54) is 16.2 Å². The molecule has 0 aliphatic heterocycles. The molecule has 0 unspecified atom stereocenters. The zero-order valence-corrected chi connectivity index (χ0v) is 22.2. The molecule has 2 amide bonds. The maximum absolute atomic E-state index is 13.5. The third-order valence-corrected chi connectivity index (χ3v) is 6.85. The van der Waals surface area contributed by atoms with Crippen molar-refractivity contribution in [1.29, 1.82) is 0 Å². The fraction of sp³-hybridized carbons (Fsp3) is 0.320. The summed E-state index contributed by atoms with van der Waals surface area (Å²) in [5, 5.41) is 2.81. The number of nitrogens with zero attached hydrogens (tertiary/aromatic N) is 4. The first-order valence-electron chi connectivity index (χ1n) is 11.4. The first-order valence-corrected chi connectivity index (χ1v) is 13.0. The van der Waals surface area contributed by atoms with Crippen molar-refractivity contribution in [1.82, 2.24) is 14.8 Å². The molecule has 10 heteroatoms. The average molecular weight is 535 g/mol. The van der Waals surface area contributed by atoms with Gasteiger partial charge in [-0.05, 0) is 56.4 Å². The molecule has 3 rings (SSSR count). The summed E-state index contributed by atoms with van der Waals surface area (Å²) in [4.78, 5) is 36.0. The van der Waals surface area contributed by atoms with Gasteiger partial charge < -0.3 is 14.5 Å². The Hall–Kier alpha value is -2.65. The minimum atomic E-state index is -0.480. The van der Waals surface area contributed by atoms with Crippen LogP contribution in [-0.2, 0) is 0 Å². The van der Waals surface area contributed by atoms with Crippen LogP contribution < -0.4 is 9.64 Å². The molecule has 0 aliphatic carbocycles. The lowest BCUT2D eigenvalue weighted by Gasteiger charge is -2.24. The molecule has 35 heavy (non-hydrogen) atoms. The lowest BCUT2D eigenvalue weighted by atomic mass is 10.2. The van der Waals surface area contributed by atoms with Gasteiger partial charge in [-0.2, -0.15) is 4.98 Å². The Labute approximate surface area is 219 Å². The summed E-state index contributed by atoms with van der Waals surface area (Å²) >= 11 is 13.5. The third-order valence-electron chi connectivity index (χ3n) is 5.47. The maximum atomic E-state index is 13.5. The standard InChI is InChI=1S/C25H28Cl2N4O3S/c1-4-29(5-2)15-16-30(6-3)25(33)34-22-17-35-24(28-22)31(19-13-11-18(26)12-14-19)23(32)20-9-7-8-10-21(20)27/h7-14,17H,4-6,15-16H2,1-3H3. The van der Waals surface area contributed by atoms with Gasteiger partial charge in [0, 0.05) is 24.7 Å². The highest BCUT2D eigenvalue weighted by Crippen LogP contribution is 2.34. The molecular formula is C25H28Cl2N4O3S. The SMILES string of the molecule is CCN(CC)CCN(CC)C(=O)Oc1csc(N(C(=O)c2ccccc2Cl)c2ccc(Cl)cc2)n1. The molecule has 0 N–H and O–H groups in total. The second kappa shape index (κ2) is 12.9. The molecule has 0 atom stereocenters. The third kappa shape index (κ3) is 6.95. The highest BCUT2D eigenvalue weighted by Gasteiger charge is 2.26. The summed E-state index contributed by atoms with van der Waals surface area (Å²) in [6.07, 6.45) is -0.480. The van der Waals surface area contributed by atoms with Gasteiger partial charge in [-0.25, -0.2) is 4.79 Å². The van der Waals surface area contributed by atoms with Crippen molar-refractivity contribution in [2.24, 2.45) is 0 Å². The van der Waals surface area contributed by atoms with Crippen LogP contribution in [0.3, 0.4) is 0 Å². The van der Waals surface area contributed by atoms with E-state index in [9.17, 15) is 9.59 Å². The zero-order chi connectivity index (χ0) is 25.4. The largest absolute Gasteiger partial charge is 0.416 e. The molecule has 186 valence electrons. The average Bonchev–Trinajstić information content (AvgIpc) is 3.31. The monoisotopic (exact) mass is 534 g/mol. The lowest BCUT2D eigenvalue weighted by molar-refractivity contribution is 0.0999. The number of amides is 2. The van der Waals surface area contributed by atoms with Crippen LogP contribution in [-0.4, -0.2) is 59.5 Å². The molecule has 0 bridgehead atoms. The number of aromatic nitrogens is 1. The molecule has 0 aliphatic rings. The first-order chi connectivity index (χ1) is 16.9. The van der Waals surface area contributed by atoms with Crippen LogP contribution in [0.15, 0.2) is 53.9 Å². The van der Waals surface area contributed by atoms with Crippen molar-refractivity contribution in [2.45, 2.75) is 20.8 Å². The number of anilines is 2. The van der Waals surface area contributed by atoms with Gasteiger partial charge in [0.05, 0.1) is 21.7 Å². The van der Waals surface area contributed by atoms with Gasteiger partial charge in [0.2, 0.25) is 11.0 Å². The van der Waals surface area contributed by atoms with Crippen LogP contribution in [0.4, 0.5) is 15.6 Å². The maximum Gasteiger partial charge on any atom is 0.416 e. The first kappa shape index (κ1) is 26.9. The van der Waals surface area contributed by atoms with E-state index < -0.39 is 6.09 Å². The van der Waals surface area contributed by atoms with E-state index in [1.807, 2.05) is 6.92 Å². The van der Waals surface area contributed by atoms with Crippen molar-refractivity contribution >= 4 is 57.4 Å². The summed E-state index contributed by atoms with van der Waals surface area (Å²) in [5.41, 5.74) is 0.882. The Morgan fingerprint density at radius 3 is 2.26 bits per heavy atom. The molecule has 1 aromatic heterocycles. The van der Waals surface area contributed by atoms with E-state index in [-0.39, 0.29) is 11.8 Å². The Bertz CT molecular complexity index is 1140. The van der Waals surface area contributed by atoms with Gasteiger partial charge in [0.1, 0.15) is 0 Å². The van der Waals surface area contributed by atoms with Crippen LogP contribution in [0, 0.1) is 0 Å². The zero-order valence-electron chi connectivity index (χ0n) is 19.9. The molecule has 0 fully saturated rings. The number of halogens is 2. The summed E-state index contributed by atoms with van der Waals surface area (Å²) in [5.74, 6) is -0.234. The van der Waals surface area contributed by atoms with E-state index in [2.05, 4.69) is 23.7 Å². The number of hydrogen-bond acceptors (Lipinski definition) is 6. The predicted molar refractivity (Wildman–Crippen MR) is 143 cm³/mol. The van der Waals surface area contributed by atoms with Crippen molar-refractivity contribution < 1.29 is 14.3 Å². The molecule has 2 aromatic carbocycles. The Kier molecular flexibility index (Phi) is 9.92. The van der Waals surface area contributed by atoms with E-state index in [4.69, 9.17) is 27.9 Å². The number of rotatable bonds is 10. The van der Waals surface area contributed by atoms with Crippen molar-refractivity contribution in [3.05, 3.63) is 69.5 Å². The minimum Gasteiger partial charge on any atom is -0.390 e. The molecule has 0 spiro atoms. The number of carbonyl (C=O) groups excluding carboxylic acids is 2. The van der Waals surface area contributed by atoms with Gasteiger partial charge >= 0.3 is 6.09 Å². The number of ether oxygens (including phenoxy) is 1. The molecule has 1 heterocycles. The number of thiazole rings is 1. The van der Waals surface area contributed by atoms with E-state index in [0.717, 1.165) is 19.6 Å². The lowest BCUT2D eigenvalue weighted by Crippen LogP contribution is -2.40. The second-order valence-electron chi connectivity index (χ2n) is 7.54. The highest BCUT2D eigenvalue weighted by atomic mass is 35.5. The topological polar surface area (TPSA) is 66.0 Å². The Morgan fingerprint density at radius 1 is 0.943 bits per heavy atom. The molecule has 0 radical (unpaired) electrons. The van der Waals surface area contributed by atoms with Gasteiger partial charge in [0.25, 0.3) is 5.91 Å². The quantitative estimate of drug-likeness (QED) is 0.293. The van der Waals surface area contributed by atoms with Crippen LogP contribution in [0.25, 0.3) is 0 Å². The van der Waals surface area contributed by atoms with E-state index in [0.29, 0.717) is 39.5 Å². The molecule has 3 aromatic rings. The van der Waals surface area contributed by atoms with Gasteiger partial charge in [0.15, 0.2) is 0 Å². The van der Waals surface area contributed by atoms with E-state index in [1.54, 1.807) is 58.8 Å². The molecule has 7 nitrogen and oxygen atoms in total. The second-order valence-corrected chi connectivity index (χ2v) is 9.22. The van der Waals surface area contributed by atoms with Crippen molar-refractivity contribution in [2.75, 3.05) is 37.6 Å². The summed E-state index contributed by atoms with van der Waals surface area (Å²) in [6, 6.07) is 13.6. The predicted octanol–water partition coefficient (Wildman–Crippen LogP) is 6.59. The van der Waals surface area contributed by atoms with E-state index >= 15 is 0 Å². The Morgan fingerprint density at radius 2 is 1.63 bits per heavy atom. The Balaban J connectivity index is 1.83. The van der Waals surface area contributed by atoms with Crippen molar-refractivity contribution in [3.8, 4) is 5.88 Å². The number of carbonyl (C=O) groups is 2. The van der Waals surface area contributed by atoms with Crippen LogP contribution in [0.5, 0.6) is 5.88 Å². The van der Waals surface area contributed by atoms with Crippen molar-refractivity contribution in [3.63, 3.8) is 0 Å². The van der Waals surface area contributed by atoms with Crippen LogP contribution >= 0.6 is 34.5 Å². The highest BCUT2D eigenvalue weighted by molar-refractivity contribution is 7.14. The number of hydrogen-bond donors (Lipinski definition) is 0.